The molecule has 10 heteroatoms. The molecule has 0 atom stereocenters. The Bertz CT molecular complexity index is 1480. The number of rotatable bonds is 9. The van der Waals surface area contributed by atoms with Gasteiger partial charge in [0.15, 0.2) is 0 Å². The number of halogens is 2. The van der Waals surface area contributed by atoms with Crippen molar-refractivity contribution in [3.8, 4) is 0 Å². The number of amides is 3. The van der Waals surface area contributed by atoms with Gasteiger partial charge in [0.05, 0.1) is 11.4 Å². The van der Waals surface area contributed by atoms with Gasteiger partial charge in [0.25, 0.3) is 11.8 Å². The second kappa shape index (κ2) is 13.2. The van der Waals surface area contributed by atoms with Crippen LogP contribution in [-0.2, 0) is 9.59 Å². The molecule has 3 amide bonds. The molecule has 0 radical (unpaired) electrons. The number of benzene rings is 3. The van der Waals surface area contributed by atoms with Crippen LogP contribution in [0, 0.1) is 5.82 Å². The SMILES string of the molecule is O=C(CSc1cccc(NC(=O)/C(=C/c2cccs2)NC(=O)c2ccccc2)c1)Nc1ccc(Br)cc1F. The third kappa shape index (κ3) is 7.88. The first-order valence-electron chi connectivity index (χ1n) is 11.3. The summed E-state index contributed by atoms with van der Waals surface area (Å²) in [6.07, 6.45) is 1.62. The Hall–Kier alpha value is -3.73. The van der Waals surface area contributed by atoms with Gasteiger partial charge in [-0.1, -0.05) is 46.3 Å². The van der Waals surface area contributed by atoms with Gasteiger partial charge in [0.1, 0.15) is 11.5 Å². The van der Waals surface area contributed by atoms with E-state index in [2.05, 4.69) is 31.9 Å². The van der Waals surface area contributed by atoms with Gasteiger partial charge in [-0.25, -0.2) is 4.39 Å². The second-order valence-electron chi connectivity index (χ2n) is 7.84. The van der Waals surface area contributed by atoms with E-state index in [0.717, 1.165) is 9.77 Å². The Kier molecular flexibility index (Phi) is 9.47. The van der Waals surface area contributed by atoms with E-state index >= 15 is 0 Å². The molecule has 0 spiro atoms. The first-order valence-corrected chi connectivity index (χ1v) is 13.9. The van der Waals surface area contributed by atoms with Crippen LogP contribution in [0.1, 0.15) is 15.2 Å². The zero-order valence-corrected chi connectivity index (χ0v) is 23.0. The van der Waals surface area contributed by atoms with Crippen LogP contribution >= 0.6 is 39.0 Å². The van der Waals surface area contributed by atoms with Crippen molar-refractivity contribution in [3.63, 3.8) is 0 Å². The molecule has 38 heavy (non-hydrogen) atoms. The number of carbonyl (C=O) groups is 3. The van der Waals surface area contributed by atoms with Gasteiger partial charge in [0.2, 0.25) is 5.91 Å². The smallest absolute Gasteiger partial charge is 0.272 e. The van der Waals surface area contributed by atoms with Crippen LogP contribution < -0.4 is 16.0 Å². The van der Waals surface area contributed by atoms with E-state index in [1.165, 1.54) is 35.2 Å². The lowest BCUT2D eigenvalue weighted by Gasteiger charge is -2.12. The highest BCUT2D eigenvalue weighted by Gasteiger charge is 2.16. The molecule has 0 aliphatic rings. The van der Waals surface area contributed by atoms with Gasteiger partial charge in [-0.15, -0.1) is 23.1 Å². The maximum atomic E-state index is 14.0. The number of nitrogens with one attached hydrogen (secondary N) is 3. The van der Waals surface area contributed by atoms with Crippen LogP contribution in [0.5, 0.6) is 0 Å². The Labute approximate surface area is 235 Å². The Morgan fingerprint density at radius 1 is 0.921 bits per heavy atom. The molecule has 0 bridgehead atoms. The van der Waals surface area contributed by atoms with Crippen molar-refractivity contribution in [1.82, 2.24) is 5.32 Å². The van der Waals surface area contributed by atoms with Gasteiger partial charge in [0, 0.05) is 25.5 Å². The molecule has 1 heterocycles. The topological polar surface area (TPSA) is 87.3 Å². The number of thiophene rings is 1. The molecule has 0 unspecified atom stereocenters. The lowest BCUT2D eigenvalue weighted by atomic mass is 10.2. The molecule has 6 nitrogen and oxygen atoms in total. The quantitative estimate of drug-likeness (QED) is 0.144. The molecule has 1 aromatic heterocycles. The summed E-state index contributed by atoms with van der Waals surface area (Å²) in [5.74, 6) is -1.75. The maximum absolute atomic E-state index is 14.0. The highest BCUT2D eigenvalue weighted by Crippen LogP contribution is 2.24. The third-order valence-electron chi connectivity index (χ3n) is 5.03. The van der Waals surface area contributed by atoms with Crippen molar-refractivity contribution < 1.29 is 18.8 Å². The van der Waals surface area contributed by atoms with Crippen molar-refractivity contribution in [1.29, 1.82) is 0 Å². The summed E-state index contributed by atoms with van der Waals surface area (Å²) >= 11 is 5.86. The first kappa shape index (κ1) is 27.3. The standard InChI is InChI=1S/C28H21BrFN3O3S2/c29-19-11-12-24(23(30)14-19)32-26(34)17-38-21-9-4-8-20(15-21)31-28(36)25(16-22-10-5-13-37-22)33-27(35)18-6-2-1-3-7-18/h1-16H,17H2,(H,31,36)(H,32,34)(H,33,35)/b25-16-. The fourth-order valence-electron chi connectivity index (χ4n) is 3.25. The number of hydrogen-bond donors (Lipinski definition) is 3. The largest absolute Gasteiger partial charge is 0.323 e. The average Bonchev–Trinajstić information content (AvgIpc) is 3.43. The van der Waals surface area contributed by atoms with Gasteiger partial charge in [-0.05, 0) is 66.1 Å². The third-order valence-corrected chi connectivity index (χ3v) is 7.33. The molecule has 3 N–H and O–H groups in total. The predicted octanol–water partition coefficient (Wildman–Crippen LogP) is 6.79. The Balaban J connectivity index is 1.41. The van der Waals surface area contributed by atoms with Gasteiger partial charge in [-0.3, -0.25) is 14.4 Å². The van der Waals surface area contributed by atoms with Crippen LogP contribution in [0.3, 0.4) is 0 Å². The molecule has 0 fully saturated rings. The lowest BCUT2D eigenvalue weighted by molar-refractivity contribution is -0.114. The first-order chi connectivity index (χ1) is 18.4. The molecule has 3 aromatic carbocycles. The monoisotopic (exact) mass is 609 g/mol. The predicted molar refractivity (Wildman–Crippen MR) is 155 cm³/mol. The lowest BCUT2D eigenvalue weighted by Crippen LogP contribution is -2.30. The van der Waals surface area contributed by atoms with Crippen LogP contribution in [0.4, 0.5) is 15.8 Å². The van der Waals surface area contributed by atoms with Crippen LogP contribution in [-0.4, -0.2) is 23.5 Å². The minimum Gasteiger partial charge on any atom is -0.323 e. The minimum atomic E-state index is -0.534. The summed E-state index contributed by atoms with van der Waals surface area (Å²) in [5.41, 5.74) is 1.11. The minimum absolute atomic E-state index is 0.0452. The van der Waals surface area contributed by atoms with E-state index in [1.807, 2.05) is 17.5 Å². The van der Waals surface area contributed by atoms with Crippen molar-refractivity contribution in [2.75, 3.05) is 16.4 Å². The summed E-state index contributed by atoms with van der Waals surface area (Å²) in [5, 5.41) is 9.94. The molecular weight excluding hydrogens is 589 g/mol. The summed E-state index contributed by atoms with van der Waals surface area (Å²) in [7, 11) is 0. The van der Waals surface area contributed by atoms with E-state index in [9.17, 15) is 18.8 Å². The van der Waals surface area contributed by atoms with Crippen LogP contribution in [0.2, 0.25) is 0 Å². The maximum Gasteiger partial charge on any atom is 0.272 e. The summed E-state index contributed by atoms with van der Waals surface area (Å²) in [6, 6.07) is 23.7. The molecule has 4 rings (SSSR count). The highest BCUT2D eigenvalue weighted by molar-refractivity contribution is 9.10. The highest BCUT2D eigenvalue weighted by atomic mass is 79.9. The van der Waals surface area contributed by atoms with Crippen molar-refractivity contribution in [3.05, 3.63) is 117 Å². The van der Waals surface area contributed by atoms with Crippen molar-refractivity contribution >= 4 is 74.2 Å². The van der Waals surface area contributed by atoms with E-state index in [-0.39, 0.29) is 23.0 Å². The van der Waals surface area contributed by atoms with E-state index in [4.69, 9.17) is 0 Å². The fourth-order valence-corrected chi connectivity index (χ4v) is 4.99. The Morgan fingerprint density at radius 2 is 1.74 bits per heavy atom. The fraction of sp³-hybridized carbons (Fsp3) is 0.0357. The van der Waals surface area contributed by atoms with Crippen molar-refractivity contribution in [2.24, 2.45) is 0 Å². The summed E-state index contributed by atoms with van der Waals surface area (Å²) in [4.78, 5) is 39.7. The van der Waals surface area contributed by atoms with Crippen LogP contribution in [0.25, 0.3) is 6.08 Å². The average molecular weight is 611 g/mol. The number of anilines is 2. The molecule has 0 aliphatic carbocycles. The van der Waals surface area contributed by atoms with Crippen LogP contribution in [0.15, 0.2) is 105 Å². The molecule has 0 saturated carbocycles. The van der Waals surface area contributed by atoms with E-state index in [0.29, 0.717) is 15.7 Å². The zero-order chi connectivity index (χ0) is 26.9. The summed E-state index contributed by atoms with van der Waals surface area (Å²) < 4.78 is 14.6. The molecule has 4 aromatic rings. The molecule has 0 aliphatic heterocycles. The second-order valence-corrected chi connectivity index (χ2v) is 10.8. The summed E-state index contributed by atoms with van der Waals surface area (Å²) in [6.45, 7) is 0. The Morgan fingerprint density at radius 3 is 2.47 bits per heavy atom. The zero-order valence-electron chi connectivity index (χ0n) is 19.7. The molecule has 192 valence electrons. The van der Waals surface area contributed by atoms with Gasteiger partial charge < -0.3 is 16.0 Å². The van der Waals surface area contributed by atoms with E-state index < -0.39 is 17.6 Å². The number of thioether (sulfide) groups is 1. The number of hydrogen-bond acceptors (Lipinski definition) is 5. The van der Waals surface area contributed by atoms with Crippen molar-refractivity contribution in [2.45, 2.75) is 4.90 Å². The van der Waals surface area contributed by atoms with Gasteiger partial charge >= 0.3 is 0 Å². The van der Waals surface area contributed by atoms with E-state index in [1.54, 1.807) is 66.7 Å². The number of carbonyl (C=O) groups excluding carboxylic acids is 3. The molecular formula is C28H21BrFN3O3S2. The molecule has 0 saturated heterocycles. The van der Waals surface area contributed by atoms with Gasteiger partial charge in [-0.2, -0.15) is 0 Å². The normalized spacial score (nSPS) is 11.1.